The summed E-state index contributed by atoms with van der Waals surface area (Å²) in [6.45, 7) is 4.56. The van der Waals surface area contributed by atoms with E-state index in [1.165, 1.54) is 5.56 Å². The highest BCUT2D eigenvalue weighted by Gasteiger charge is 1.87. The minimum Gasteiger partial charge on any atom is -0.391 e. The fraction of sp³-hybridized carbons (Fsp3) is 0.167. The molecule has 1 rings (SSSR count). The molecule has 1 nitrogen and oxygen atoms in total. The molecule has 1 heteroatoms. The molecule has 1 N–H and O–H groups in total. The van der Waals surface area contributed by atoms with Gasteiger partial charge in [-0.15, -0.1) is 0 Å². The molecule has 0 aliphatic rings. The van der Waals surface area contributed by atoms with Crippen LogP contribution in [0.4, 0.5) is 0 Å². The number of hydrogen-bond donors (Lipinski definition) is 1. The van der Waals surface area contributed by atoms with Gasteiger partial charge in [0.2, 0.25) is 0 Å². The van der Waals surface area contributed by atoms with E-state index in [-0.39, 0.29) is 0 Å². The molecule has 0 aromatic heterocycles. The van der Waals surface area contributed by atoms with E-state index in [4.69, 9.17) is 0 Å². The first-order chi connectivity index (χ1) is 6.43. The molecule has 0 fully saturated rings. The molecule has 0 atom stereocenters. The quantitative estimate of drug-likeness (QED) is 0.533. The maximum atomic E-state index is 3.59. The minimum atomic E-state index is 0.967. The third-order valence-electron chi connectivity index (χ3n) is 1.75. The number of allylic oxidation sites excluding steroid dienone is 2. The summed E-state index contributed by atoms with van der Waals surface area (Å²) < 4.78 is 0. The summed E-state index contributed by atoms with van der Waals surface area (Å²) in [6.07, 6.45) is 6.62. The van der Waals surface area contributed by atoms with Crippen molar-refractivity contribution in [1.29, 1.82) is 0 Å². The third-order valence-corrected chi connectivity index (χ3v) is 1.75. The van der Waals surface area contributed by atoms with Gasteiger partial charge in [-0.2, -0.15) is 0 Å². The molecule has 0 radical (unpaired) electrons. The van der Waals surface area contributed by atoms with E-state index < -0.39 is 0 Å². The molecule has 13 heavy (non-hydrogen) atoms. The maximum Gasteiger partial charge on any atom is 0.0181 e. The van der Waals surface area contributed by atoms with Crippen molar-refractivity contribution in [2.75, 3.05) is 6.54 Å². The average molecular weight is 173 g/mol. The van der Waals surface area contributed by atoms with Crippen LogP contribution in [-0.2, 0) is 6.42 Å². The molecule has 0 saturated heterocycles. The molecule has 0 unspecified atom stereocenters. The summed E-state index contributed by atoms with van der Waals surface area (Å²) in [6, 6.07) is 10.4. The molecule has 0 bridgehead atoms. The van der Waals surface area contributed by atoms with Crippen molar-refractivity contribution >= 4 is 0 Å². The lowest BCUT2D eigenvalue weighted by molar-refractivity contribution is 0.832. The predicted molar refractivity (Wildman–Crippen MR) is 57.5 cm³/mol. The van der Waals surface area contributed by atoms with Gasteiger partial charge in [-0.05, 0) is 24.3 Å². The van der Waals surface area contributed by atoms with Crippen molar-refractivity contribution in [2.45, 2.75) is 6.42 Å². The van der Waals surface area contributed by atoms with E-state index in [9.17, 15) is 0 Å². The van der Waals surface area contributed by atoms with Gasteiger partial charge >= 0.3 is 0 Å². The zero-order valence-electron chi connectivity index (χ0n) is 7.74. The topological polar surface area (TPSA) is 12.0 Å². The van der Waals surface area contributed by atoms with Gasteiger partial charge in [-0.3, -0.25) is 0 Å². The lowest BCUT2D eigenvalue weighted by atomic mass is 10.1. The van der Waals surface area contributed by atoms with E-state index in [0.717, 1.165) is 13.0 Å². The molecule has 1 aromatic rings. The number of benzene rings is 1. The zero-order chi connectivity index (χ0) is 9.36. The van der Waals surface area contributed by atoms with Gasteiger partial charge < -0.3 is 5.32 Å². The van der Waals surface area contributed by atoms with Crippen LogP contribution in [0.25, 0.3) is 0 Å². The second-order valence-corrected chi connectivity index (χ2v) is 2.78. The highest BCUT2D eigenvalue weighted by Crippen LogP contribution is 1.97. The molecule has 68 valence electrons. The summed E-state index contributed by atoms with van der Waals surface area (Å²) in [7, 11) is 0. The largest absolute Gasteiger partial charge is 0.391 e. The second-order valence-electron chi connectivity index (χ2n) is 2.78. The lowest BCUT2D eigenvalue weighted by Gasteiger charge is -2.00. The van der Waals surface area contributed by atoms with E-state index >= 15 is 0 Å². The van der Waals surface area contributed by atoms with Gasteiger partial charge in [0.15, 0.2) is 0 Å². The van der Waals surface area contributed by atoms with Crippen LogP contribution in [0.1, 0.15) is 5.56 Å². The fourth-order valence-electron chi connectivity index (χ4n) is 1.08. The van der Waals surface area contributed by atoms with Crippen molar-refractivity contribution in [3.8, 4) is 0 Å². The fourth-order valence-corrected chi connectivity index (χ4v) is 1.08. The molecule has 0 saturated carbocycles. The van der Waals surface area contributed by atoms with Crippen LogP contribution in [0.3, 0.4) is 0 Å². The highest BCUT2D eigenvalue weighted by atomic mass is 14.8. The van der Waals surface area contributed by atoms with Crippen LogP contribution in [0.2, 0.25) is 0 Å². The van der Waals surface area contributed by atoms with Crippen LogP contribution < -0.4 is 5.32 Å². The molecular weight excluding hydrogens is 158 g/mol. The third kappa shape index (κ3) is 4.16. The Bertz CT molecular complexity index is 262. The van der Waals surface area contributed by atoms with Gasteiger partial charge in [0.05, 0.1) is 0 Å². The zero-order valence-corrected chi connectivity index (χ0v) is 7.74. The van der Waals surface area contributed by atoms with Crippen LogP contribution >= 0.6 is 0 Å². The predicted octanol–water partition coefficient (Wildman–Crippen LogP) is 2.52. The van der Waals surface area contributed by atoms with Crippen molar-refractivity contribution in [3.05, 3.63) is 60.8 Å². The van der Waals surface area contributed by atoms with Gasteiger partial charge in [-0.1, -0.05) is 43.0 Å². The highest BCUT2D eigenvalue weighted by molar-refractivity contribution is 5.14. The Kier molecular flexibility index (Phi) is 4.47. The van der Waals surface area contributed by atoms with Crippen LogP contribution in [-0.4, -0.2) is 6.54 Å². The van der Waals surface area contributed by atoms with Crippen molar-refractivity contribution in [3.63, 3.8) is 0 Å². The molecule has 0 amide bonds. The van der Waals surface area contributed by atoms with E-state index in [0.29, 0.717) is 0 Å². The van der Waals surface area contributed by atoms with Crippen molar-refractivity contribution in [2.24, 2.45) is 0 Å². The Morgan fingerprint density at radius 1 is 1.23 bits per heavy atom. The summed E-state index contributed by atoms with van der Waals surface area (Å²) in [4.78, 5) is 0. The Morgan fingerprint density at radius 3 is 2.69 bits per heavy atom. The smallest absolute Gasteiger partial charge is 0.0181 e. The molecule has 0 aliphatic carbocycles. The first kappa shape index (κ1) is 9.59. The summed E-state index contributed by atoms with van der Waals surface area (Å²) in [5, 5.41) is 3.18. The van der Waals surface area contributed by atoms with Gasteiger partial charge in [0.1, 0.15) is 0 Å². The van der Waals surface area contributed by atoms with Crippen molar-refractivity contribution < 1.29 is 0 Å². The molecule has 1 aromatic carbocycles. The monoisotopic (exact) mass is 173 g/mol. The lowest BCUT2D eigenvalue weighted by Crippen LogP contribution is -2.09. The standard InChI is InChI=1S/C12H15N/c1-2-3-10-13-11-9-12-7-5-4-6-8-12/h2-8,10,13H,1,9,11H2/b10-3-. The Morgan fingerprint density at radius 2 is 2.00 bits per heavy atom. The van der Waals surface area contributed by atoms with Crippen LogP contribution in [0, 0.1) is 0 Å². The van der Waals surface area contributed by atoms with Gasteiger partial charge in [0.25, 0.3) is 0 Å². The Labute approximate surface area is 79.8 Å². The number of rotatable bonds is 5. The number of hydrogen-bond acceptors (Lipinski definition) is 1. The number of nitrogens with one attached hydrogen (secondary N) is 1. The van der Waals surface area contributed by atoms with E-state index in [1.807, 2.05) is 18.3 Å². The Balaban J connectivity index is 2.20. The Hall–Kier alpha value is -1.50. The van der Waals surface area contributed by atoms with E-state index in [2.05, 4.69) is 36.2 Å². The summed E-state index contributed by atoms with van der Waals surface area (Å²) in [5.41, 5.74) is 1.36. The SMILES string of the molecule is C=C/C=C\NCCc1ccccc1. The maximum absolute atomic E-state index is 3.59. The normalized spacial score (nSPS) is 10.2. The van der Waals surface area contributed by atoms with Crippen LogP contribution in [0.5, 0.6) is 0 Å². The van der Waals surface area contributed by atoms with E-state index in [1.54, 1.807) is 6.08 Å². The molecule has 0 heterocycles. The van der Waals surface area contributed by atoms with Gasteiger partial charge in [-0.25, -0.2) is 0 Å². The summed E-state index contributed by atoms with van der Waals surface area (Å²) >= 11 is 0. The first-order valence-corrected chi connectivity index (χ1v) is 4.48. The van der Waals surface area contributed by atoms with Crippen molar-refractivity contribution in [1.82, 2.24) is 5.32 Å². The molecule has 0 aliphatic heterocycles. The second kappa shape index (κ2) is 6.06. The molecular formula is C12H15N. The first-order valence-electron chi connectivity index (χ1n) is 4.48. The van der Waals surface area contributed by atoms with Crippen LogP contribution in [0.15, 0.2) is 55.3 Å². The average Bonchev–Trinajstić information content (AvgIpc) is 2.19. The minimum absolute atomic E-state index is 0.967. The van der Waals surface area contributed by atoms with Gasteiger partial charge in [0, 0.05) is 6.54 Å². The summed E-state index contributed by atoms with van der Waals surface area (Å²) in [5.74, 6) is 0. The molecule has 0 spiro atoms.